The molecule has 0 bridgehead atoms. The zero-order valence-corrected chi connectivity index (χ0v) is 11.6. The van der Waals surface area contributed by atoms with Crippen molar-refractivity contribution in [1.82, 2.24) is 0 Å². The Morgan fingerprint density at radius 1 is 1.27 bits per heavy atom. The molecule has 0 aliphatic carbocycles. The molecule has 0 fully saturated rings. The van der Waals surface area contributed by atoms with Crippen LogP contribution in [-0.2, 0) is 0 Å². The monoisotopic (exact) mass is 186 g/mol. The van der Waals surface area contributed by atoms with Crippen molar-refractivity contribution in [2.45, 2.75) is 46.1 Å². The van der Waals surface area contributed by atoms with Gasteiger partial charge in [0.2, 0.25) is 0 Å². The molecule has 0 aromatic carbocycles. The number of rotatable bonds is 2. The van der Waals surface area contributed by atoms with E-state index in [4.69, 9.17) is 5.11 Å². The third-order valence-electron chi connectivity index (χ3n) is 0.512. The number of hydrogen-bond acceptors (Lipinski definition) is 2. The summed E-state index contributed by atoms with van der Waals surface area (Å²) >= 11 is 0. The molecule has 0 radical (unpaired) electrons. The predicted molar refractivity (Wildman–Crippen MR) is 41.7 cm³/mol. The summed E-state index contributed by atoms with van der Waals surface area (Å²) < 4.78 is 0. The van der Waals surface area contributed by atoms with Crippen LogP contribution in [0.25, 0.3) is 0 Å². The first-order valence-electron chi connectivity index (χ1n) is 3.73. The summed E-state index contributed by atoms with van der Waals surface area (Å²) in [5, 5.41) is 18.2. The zero-order valence-electron chi connectivity index (χ0n) is 8.48. The van der Waals surface area contributed by atoms with Crippen molar-refractivity contribution in [3.05, 3.63) is 0 Å². The van der Waals surface area contributed by atoms with Gasteiger partial charge in [-0.1, -0.05) is 34.1 Å². The maximum absolute atomic E-state index is 10.1. The SMILES string of the molecule is CC(C)(C)[O-].CCCCO.[K+]. The van der Waals surface area contributed by atoms with Gasteiger partial charge in [0.25, 0.3) is 0 Å². The summed E-state index contributed by atoms with van der Waals surface area (Å²) in [7, 11) is 0. The van der Waals surface area contributed by atoms with E-state index in [1.807, 2.05) is 0 Å². The first-order chi connectivity index (χ1) is 4.41. The first kappa shape index (κ1) is 18.4. The van der Waals surface area contributed by atoms with Gasteiger partial charge in [0.05, 0.1) is 0 Å². The number of aliphatic hydroxyl groups is 1. The van der Waals surface area contributed by atoms with E-state index in [1.165, 1.54) is 0 Å². The molecule has 0 heterocycles. The first-order valence-corrected chi connectivity index (χ1v) is 3.73. The number of hydrogen-bond donors (Lipinski definition) is 1. The standard InChI is InChI=1S/C4H9O.C4H10O.K/c1-4(2,3)5;1-2-3-4-5;/h1-3H3;5H,2-4H2,1H3;/q-1;;+1. The molecule has 0 aromatic rings. The molecule has 1 N–H and O–H groups in total. The fourth-order valence-electron chi connectivity index (χ4n) is 0.158. The van der Waals surface area contributed by atoms with E-state index in [0.29, 0.717) is 6.61 Å². The van der Waals surface area contributed by atoms with Crippen molar-refractivity contribution >= 4 is 0 Å². The third-order valence-corrected chi connectivity index (χ3v) is 0.512. The van der Waals surface area contributed by atoms with Crippen LogP contribution in [0.4, 0.5) is 0 Å². The van der Waals surface area contributed by atoms with Crippen molar-refractivity contribution < 1.29 is 61.6 Å². The normalized spacial score (nSPS) is 9.27. The molecular formula is C8H19KO2. The number of unbranched alkanes of at least 4 members (excludes halogenated alkanes) is 1. The molecule has 64 valence electrons. The molecule has 2 nitrogen and oxygen atoms in total. The van der Waals surface area contributed by atoms with E-state index in [-0.39, 0.29) is 51.4 Å². The fourth-order valence-corrected chi connectivity index (χ4v) is 0.158. The molecule has 0 saturated carbocycles. The van der Waals surface area contributed by atoms with Gasteiger partial charge in [-0.15, -0.1) is 5.60 Å². The van der Waals surface area contributed by atoms with Gasteiger partial charge in [0.1, 0.15) is 0 Å². The predicted octanol–water partition coefficient (Wildman–Crippen LogP) is -2.07. The summed E-state index contributed by atoms with van der Waals surface area (Å²) in [6.07, 6.45) is 2.04. The van der Waals surface area contributed by atoms with Gasteiger partial charge in [-0.3, -0.25) is 0 Å². The molecule has 0 amide bonds. The van der Waals surface area contributed by atoms with Crippen molar-refractivity contribution in [1.29, 1.82) is 0 Å². The van der Waals surface area contributed by atoms with Gasteiger partial charge in [-0.2, -0.15) is 0 Å². The van der Waals surface area contributed by atoms with Crippen molar-refractivity contribution in [2.75, 3.05) is 6.61 Å². The fraction of sp³-hybridized carbons (Fsp3) is 1.00. The largest absolute Gasteiger partial charge is 1.00 e. The molecular weight excluding hydrogens is 167 g/mol. The minimum Gasteiger partial charge on any atom is -0.850 e. The molecule has 0 aliphatic heterocycles. The molecule has 0 saturated heterocycles. The minimum atomic E-state index is -0.750. The Hall–Kier alpha value is 1.56. The van der Waals surface area contributed by atoms with E-state index >= 15 is 0 Å². The summed E-state index contributed by atoms with van der Waals surface area (Å²) in [6, 6.07) is 0. The third kappa shape index (κ3) is 83.4. The second-order valence-electron chi connectivity index (χ2n) is 3.19. The van der Waals surface area contributed by atoms with E-state index in [2.05, 4.69) is 6.92 Å². The van der Waals surface area contributed by atoms with Crippen LogP contribution in [0.5, 0.6) is 0 Å². The second kappa shape index (κ2) is 11.6. The molecule has 11 heavy (non-hydrogen) atoms. The summed E-state index contributed by atoms with van der Waals surface area (Å²) in [5.41, 5.74) is -0.750. The van der Waals surface area contributed by atoms with Crippen LogP contribution in [0.2, 0.25) is 0 Å². The van der Waals surface area contributed by atoms with Crippen LogP contribution in [0.3, 0.4) is 0 Å². The van der Waals surface area contributed by atoms with Crippen LogP contribution >= 0.6 is 0 Å². The van der Waals surface area contributed by atoms with E-state index in [9.17, 15) is 5.11 Å². The minimum absolute atomic E-state index is 0. The molecule has 0 spiro atoms. The van der Waals surface area contributed by atoms with Gasteiger partial charge in [-0.25, -0.2) is 0 Å². The number of aliphatic hydroxyl groups excluding tert-OH is 1. The molecule has 0 aromatic heterocycles. The molecule has 3 heteroatoms. The van der Waals surface area contributed by atoms with Gasteiger partial charge in [0, 0.05) is 6.61 Å². The maximum Gasteiger partial charge on any atom is 1.00 e. The Kier molecular flexibility index (Phi) is 19.3. The maximum atomic E-state index is 10.1. The zero-order chi connectivity index (χ0) is 8.62. The van der Waals surface area contributed by atoms with Gasteiger partial charge in [-0.05, 0) is 6.42 Å². The Balaban J connectivity index is -0.000000107. The van der Waals surface area contributed by atoms with Crippen molar-refractivity contribution in [2.24, 2.45) is 0 Å². The second-order valence-corrected chi connectivity index (χ2v) is 3.19. The van der Waals surface area contributed by atoms with Gasteiger partial charge >= 0.3 is 51.4 Å². The van der Waals surface area contributed by atoms with E-state index < -0.39 is 5.60 Å². The average molecular weight is 186 g/mol. The van der Waals surface area contributed by atoms with Crippen LogP contribution < -0.4 is 56.5 Å². The van der Waals surface area contributed by atoms with Crippen LogP contribution in [0.1, 0.15) is 40.5 Å². The summed E-state index contributed by atoms with van der Waals surface area (Å²) in [4.78, 5) is 0. The molecule has 0 aliphatic rings. The Labute approximate surface area is 113 Å². The molecule has 0 rings (SSSR count). The van der Waals surface area contributed by atoms with Crippen LogP contribution in [0.15, 0.2) is 0 Å². The smallest absolute Gasteiger partial charge is 0.850 e. The Morgan fingerprint density at radius 3 is 1.55 bits per heavy atom. The molecule has 0 atom stereocenters. The van der Waals surface area contributed by atoms with Gasteiger partial charge in [0.15, 0.2) is 0 Å². The topological polar surface area (TPSA) is 43.3 Å². The van der Waals surface area contributed by atoms with E-state index in [0.717, 1.165) is 12.8 Å². The van der Waals surface area contributed by atoms with Gasteiger partial charge < -0.3 is 10.2 Å². The molecule has 0 unspecified atom stereocenters. The Bertz CT molecular complexity index is 51.6. The van der Waals surface area contributed by atoms with Crippen LogP contribution in [-0.4, -0.2) is 17.3 Å². The summed E-state index contributed by atoms with van der Waals surface area (Å²) in [6.45, 7) is 7.29. The van der Waals surface area contributed by atoms with Crippen LogP contribution in [0, 0.1) is 0 Å². The quantitative estimate of drug-likeness (QED) is 0.504. The average Bonchev–Trinajstić information content (AvgIpc) is 1.63. The van der Waals surface area contributed by atoms with Crippen molar-refractivity contribution in [3.63, 3.8) is 0 Å². The Morgan fingerprint density at radius 2 is 1.55 bits per heavy atom. The van der Waals surface area contributed by atoms with Crippen molar-refractivity contribution in [3.8, 4) is 0 Å². The van der Waals surface area contributed by atoms with E-state index in [1.54, 1.807) is 20.8 Å². The summed E-state index contributed by atoms with van der Waals surface area (Å²) in [5.74, 6) is 0.